The molecule has 2 rings (SSSR count). The molecule has 2 aromatic rings. The first-order valence-electron chi connectivity index (χ1n) is 6.33. The summed E-state index contributed by atoms with van der Waals surface area (Å²) in [5.41, 5.74) is 1.26. The highest BCUT2D eigenvalue weighted by atomic mass is 79.9. The summed E-state index contributed by atoms with van der Waals surface area (Å²) >= 11 is 11.5. The van der Waals surface area contributed by atoms with Crippen molar-refractivity contribution >= 4 is 38.9 Å². The minimum Gasteiger partial charge on any atom is -0.309 e. The monoisotopic (exact) mass is 357 g/mol. The summed E-state index contributed by atoms with van der Waals surface area (Å²) in [7, 11) is 0. The average molecular weight is 359 g/mol. The van der Waals surface area contributed by atoms with E-state index in [0.29, 0.717) is 6.04 Å². The van der Waals surface area contributed by atoms with Crippen molar-refractivity contribution in [1.82, 2.24) is 5.32 Å². The van der Waals surface area contributed by atoms with Crippen LogP contribution in [-0.2, 0) is 6.42 Å². The van der Waals surface area contributed by atoms with E-state index < -0.39 is 0 Å². The van der Waals surface area contributed by atoms with E-state index >= 15 is 0 Å². The molecule has 0 aliphatic carbocycles. The van der Waals surface area contributed by atoms with Crippen LogP contribution in [0.15, 0.2) is 34.8 Å². The first-order chi connectivity index (χ1) is 9.10. The van der Waals surface area contributed by atoms with Crippen molar-refractivity contribution in [3.05, 3.63) is 55.1 Å². The predicted molar refractivity (Wildman–Crippen MR) is 88.3 cm³/mol. The molecule has 0 bridgehead atoms. The molecule has 0 fully saturated rings. The van der Waals surface area contributed by atoms with Gasteiger partial charge in [-0.1, -0.05) is 30.7 Å². The highest BCUT2D eigenvalue weighted by Gasteiger charge is 2.15. The summed E-state index contributed by atoms with van der Waals surface area (Å²) < 4.78 is 1.20. The van der Waals surface area contributed by atoms with Crippen LogP contribution in [0.1, 0.15) is 28.3 Å². The molecular weight excluding hydrogens is 342 g/mol. The Morgan fingerprint density at radius 2 is 2.16 bits per heavy atom. The molecule has 1 atom stereocenters. The fourth-order valence-corrected chi connectivity index (χ4v) is 3.92. The molecule has 1 heterocycles. The number of aryl methyl sites for hydroxylation is 1. The highest BCUT2D eigenvalue weighted by molar-refractivity contribution is 9.10. The summed E-state index contributed by atoms with van der Waals surface area (Å²) in [6.45, 7) is 5.24. The van der Waals surface area contributed by atoms with Crippen molar-refractivity contribution < 1.29 is 0 Å². The van der Waals surface area contributed by atoms with Crippen LogP contribution in [0.3, 0.4) is 0 Å². The number of hydrogen-bond donors (Lipinski definition) is 1. The third-order valence-corrected chi connectivity index (χ3v) is 5.48. The van der Waals surface area contributed by atoms with Crippen molar-refractivity contribution in [2.24, 2.45) is 0 Å². The quantitative estimate of drug-likeness (QED) is 0.758. The maximum absolute atomic E-state index is 6.06. The minimum atomic E-state index is 0.346. The SMILES string of the molecule is CCNC(Cc1cccc(Cl)c1)c1cc(Br)c(C)s1. The van der Waals surface area contributed by atoms with Gasteiger partial charge in [0, 0.05) is 25.3 Å². The highest BCUT2D eigenvalue weighted by Crippen LogP contribution is 2.32. The number of likely N-dealkylation sites (N-methyl/N-ethyl adjacent to an activating group) is 1. The second kappa shape index (κ2) is 6.89. The van der Waals surface area contributed by atoms with Gasteiger partial charge >= 0.3 is 0 Å². The molecule has 0 spiro atoms. The lowest BCUT2D eigenvalue weighted by Gasteiger charge is -2.16. The third kappa shape index (κ3) is 4.06. The molecule has 0 radical (unpaired) electrons. The summed E-state index contributed by atoms with van der Waals surface area (Å²) in [5.74, 6) is 0. The zero-order valence-electron chi connectivity index (χ0n) is 11.0. The van der Waals surface area contributed by atoms with Gasteiger partial charge in [0.05, 0.1) is 0 Å². The smallest absolute Gasteiger partial charge is 0.0456 e. The summed E-state index contributed by atoms with van der Waals surface area (Å²) in [6, 6.07) is 10.7. The zero-order chi connectivity index (χ0) is 13.8. The Bertz CT molecular complexity index is 533. The van der Waals surface area contributed by atoms with Crippen molar-refractivity contribution in [2.45, 2.75) is 26.3 Å². The molecule has 1 N–H and O–H groups in total. The van der Waals surface area contributed by atoms with E-state index in [0.717, 1.165) is 18.0 Å². The van der Waals surface area contributed by atoms with Crippen LogP contribution in [0.2, 0.25) is 5.02 Å². The Morgan fingerprint density at radius 3 is 2.74 bits per heavy atom. The van der Waals surface area contributed by atoms with E-state index in [-0.39, 0.29) is 0 Å². The van der Waals surface area contributed by atoms with Gasteiger partial charge in [-0.25, -0.2) is 0 Å². The van der Waals surface area contributed by atoms with E-state index in [1.54, 1.807) is 0 Å². The van der Waals surface area contributed by atoms with E-state index in [9.17, 15) is 0 Å². The number of benzene rings is 1. The minimum absolute atomic E-state index is 0.346. The second-order valence-electron chi connectivity index (χ2n) is 4.50. The molecular formula is C15H17BrClNS. The molecule has 1 unspecified atom stereocenters. The average Bonchev–Trinajstić information content (AvgIpc) is 2.69. The molecule has 0 amide bonds. The van der Waals surface area contributed by atoms with Crippen molar-refractivity contribution in [1.29, 1.82) is 0 Å². The molecule has 0 aliphatic rings. The van der Waals surface area contributed by atoms with Crippen LogP contribution in [0, 0.1) is 6.92 Å². The van der Waals surface area contributed by atoms with Gasteiger partial charge in [0.25, 0.3) is 0 Å². The van der Waals surface area contributed by atoms with E-state index in [1.807, 2.05) is 29.5 Å². The molecule has 4 heteroatoms. The lowest BCUT2D eigenvalue weighted by atomic mass is 10.0. The number of rotatable bonds is 5. The number of nitrogens with one attached hydrogen (secondary N) is 1. The Hall–Kier alpha value is -0.350. The largest absolute Gasteiger partial charge is 0.309 e. The fourth-order valence-electron chi connectivity index (χ4n) is 2.07. The van der Waals surface area contributed by atoms with Gasteiger partial charge in [0.2, 0.25) is 0 Å². The molecule has 19 heavy (non-hydrogen) atoms. The fraction of sp³-hybridized carbons (Fsp3) is 0.333. The number of thiophene rings is 1. The van der Waals surface area contributed by atoms with Crippen molar-refractivity contribution in [3.63, 3.8) is 0 Å². The maximum Gasteiger partial charge on any atom is 0.0456 e. The standard InChI is InChI=1S/C15H17BrClNS/c1-3-18-14(15-9-13(16)10(2)19-15)8-11-5-4-6-12(17)7-11/h4-7,9,14,18H,3,8H2,1-2H3. The van der Waals surface area contributed by atoms with Gasteiger partial charge in [0.1, 0.15) is 0 Å². The Balaban J connectivity index is 2.20. The van der Waals surface area contributed by atoms with Crippen molar-refractivity contribution in [2.75, 3.05) is 6.54 Å². The van der Waals surface area contributed by atoms with Gasteiger partial charge in [-0.3, -0.25) is 0 Å². The molecule has 1 nitrogen and oxygen atoms in total. The van der Waals surface area contributed by atoms with Crippen LogP contribution in [0.4, 0.5) is 0 Å². The van der Waals surface area contributed by atoms with Gasteiger partial charge in [0.15, 0.2) is 0 Å². The molecule has 0 saturated heterocycles. The van der Waals surface area contributed by atoms with Crippen molar-refractivity contribution in [3.8, 4) is 0 Å². The van der Waals surface area contributed by atoms with Crippen LogP contribution >= 0.6 is 38.9 Å². The Kier molecular flexibility index (Phi) is 5.46. The maximum atomic E-state index is 6.06. The van der Waals surface area contributed by atoms with Crippen LogP contribution < -0.4 is 5.32 Å². The molecule has 0 aliphatic heterocycles. The first kappa shape index (κ1) is 15.0. The normalized spacial score (nSPS) is 12.6. The third-order valence-electron chi connectivity index (χ3n) is 3.00. The lowest BCUT2D eigenvalue weighted by Crippen LogP contribution is -2.22. The summed E-state index contributed by atoms with van der Waals surface area (Å²) in [6.07, 6.45) is 0.959. The van der Waals surface area contributed by atoms with Crippen LogP contribution in [0.25, 0.3) is 0 Å². The van der Waals surface area contributed by atoms with Gasteiger partial charge in [-0.15, -0.1) is 11.3 Å². The van der Waals surface area contributed by atoms with Gasteiger partial charge in [-0.2, -0.15) is 0 Å². The topological polar surface area (TPSA) is 12.0 Å². The lowest BCUT2D eigenvalue weighted by molar-refractivity contribution is 0.558. The van der Waals surface area contributed by atoms with Crippen LogP contribution in [0.5, 0.6) is 0 Å². The zero-order valence-corrected chi connectivity index (χ0v) is 14.2. The van der Waals surface area contributed by atoms with Gasteiger partial charge in [-0.05, 0) is 59.6 Å². The van der Waals surface area contributed by atoms with E-state index in [1.165, 1.54) is 19.8 Å². The molecule has 1 aromatic carbocycles. The van der Waals surface area contributed by atoms with Crippen LogP contribution in [-0.4, -0.2) is 6.54 Å². The molecule has 1 aromatic heterocycles. The van der Waals surface area contributed by atoms with E-state index in [4.69, 9.17) is 11.6 Å². The molecule has 102 valence electrons. The van der Waals surface area contributed by atoms with Gasteiger partial charge < -0.3 is 5.32 Å². The Labute approximate surface area is 132 Å². The number of halogens is 2. The molecule has 0 saturated carbocycles. The predicted octanol–water partition coefficient (Wildman–Crippen LogP) is 5.37. The van der Waals surface area contributed by atoms with E-state index in [2.05, 4.69) is 47.2 Å². The Morgan fingerprint density at radius 1 is 1.37 bits per heavy atom. The summed E-state index contributed by atoms with van der Waals surface area (Å²) in [5, 5.41) is 4.36. The first-order valence-corrected chi connectivity index (χ1v) is 8.32. The summed E-state index contributed by atoms with van der Waals surface area (Å²) in [4.78, 5) is 2.69. The number of hydrogen-bond acceptors (Lipinski definition) is 2. The second-order valence-corrected chi connectivity index (χ2v) is 7.08.